The molecule has 9 nitrogen and oxygen atoms in total. The number of hydrogen-bond acceptors (Lipinski definition) is 7. The third-order valence-corrected chi connectivity index (χ3v) is 6.00. The monoisotopic (exact) mass is 483 g/mol. The summed E-state index contributed by atoms with van der Waals surface area (Å²) in [6.45, 7) is 6.16. The zero-order valence-corrected chi connectivity index (χ0v) is 19.9. The Labute approximate surface area is 200 Å². The topological polar surface area (TPSA) is 118 Å². The van der Waals surface area contributed by atoms with Crippen molar-refractivity contribution >= 4 is 45.7 Å². The van der Waals surface area contributed by atoms with Gasteiger partial charge in [0.2, 0.25) is 0 Å². The van der Waals surface area contributed by atoms with Crippen molar-refractivity contribution < 1.29 is 28.3 Å². The molecule has 3 amide bonds. The van der Waals surface area contributed by atoms with Crippen molar-refractivity contribution in [2.75, 3.05) is 30.3 Å². The number of amides is 3. The maximum absolute atomic E-state index is 12.5. The molecule has 34 heavy (non-hydrogen) atoms. The molecular formula is C24H25N3O6S. The van der Waals surface area contributed by atoms with Crippen molar-refractivity contribution in [2.45, 2.75) is 20.8 Å². The van der Waals surface area contributed by atoms with Gasteiger partial charge in [0.05, 0.1) is 11.3 Å². The standard InChI is InChI=1S/C24H25N3O6S/c1-4-27(5-2)23(30)16-8-6-9-17(13-16)25-19(28)14-33-24(31)21-15(3)12-20(34-21)26-22(29)18-10-7-11-32-18/h6-13H,4-5,14H2,1-3H3,(H,25,28)(H,26,29). The van der Waals surface area contributed by atoms with Crippen LogP contribution in [0.15, 0.2) is 53.1 Å². The number of carbonyl (C=O) groups excluding carboxylic acids is 4. The van der Waals surface area contributed by atoms with Crippen LogP contribution in [0.4, 0.5) is 10.7 Å². The first kappa shape index (κ1) is 24.7. The SMILES string of the molecule is CCN(CC)C(=O)c1cccc(NC(=O)COC(=O)c2sc(NC(=O)c3ccco3)cc2C)c1. The van der Waals surface area contributed by atoms with Crippen molar-refractivity contribution in [1.82, 2.24) is 4.90 Å². The molecule has 2 aromatic heterocycles. The molecule has 0 fully saturated rings. The van der Waals surface area contributed by atoms with E-state index in [0.717, 1.165) is 11.3 Å². The lowest BCUT2D eigenvalue weighted by Crippen LogP contribution is -2.30. The van der Waals surface area contributed by atoms with Crippen molar-refractivity contribution in [3.63, 3.8) is 0 Å². The zero-order chi connectivity index (χ0) is 24.7. The average molecular weight is 484 g/mol. The van der Waals surface area contributed by atoms with Gasteiger partial charge in [-0.25, -0.2) is 4.79 Å². The van der Waals surface area contributed by atoms with Crippen LogP contribution in [0.25, 0.3) is 0 Å². The highest BCUT2D eigenvalue weighted by atomic mass is 32.1. The molecule has 0 aliphatic carbocycles. The molecule has 2 N–H and O–H groups in total. The molecule has 0 saturated heterocycles. The summed E-state index contributed by atoms with van der Waals surface area (Å²) in [5.41, 5.74) is 1.49. The van der Waals surface area contributed by atoms with Crippen LogP contribution in [0.1, 0.15) is 50.0 Å². The van der Waals surface area contributed by atoms with Crippen LogP contribution in [-0.2, 0) is 9.53 Å². The van der Waals surface area contributed by atoms with Gasteiger partial charge >= 0.3 is 5.97 Å². The van der Waals surface area contributed by atoms with Crippen LogP contribution >= 0.6 is 11.3 Å². The summed E-state index contributed by atoms with van der Waals surface area (Å²) >= 11 is 1.04. The summed E-state index contributed by atoms with van der Waals surface area (Å²) < 4.78 is 10.2. The number of hydrogen-bond donors (Lipinski definition) is 2. The Morgan fingerprint density at radius 1 is 1.03 bits per heavy atom. The van der Waals surface area contributed by atoms with Gasteiger partial charge < -0.3 is 24.7 Å². The molecule has 3 rings (SSSR count). The minimum atomic E-state index is -0.679. The van der Waals surface area contributed by atoms with Gasteiger partial charge in [-0.05, 0) is 62.7 Å². The fraction of sp³-hybridized carbons (Fsp3) is 0.250. The minimum absolute atomic E-state index is 0.129. The number of benzene rings is 1. The quantitative estimate of drug-likeness (QED) is 0.441. The highest BCUT2D eigenvalue weighted by Gasteiger charge is 2.19. The van der Waals surface area contributed by atoms with E-state index in [2.05, 4.69) is 10.6 Å². The van der Waals surface area contributed by atoms with Gasteiger partial charge in [-0.2, -0.15) is 0 Å². The molecule has 0 aliphatic rings. The molecule has 178 valence electrons. The third-order valence-electron chi connectivity index (χ3n) is 4.86. The van der Waals surface area contributed by atoms with Crippen molar-refractivity contribution in [1.29, 1.82) is 0 Å². The van der Waals surface area contributed by atoms with E-state index in [1.165, 1.54) is 12.3 Å². The predicted octanol–water partition coefficient (Wildman–Crippen LogP) is 4.18. The fourth-order valence-corrected chi connectivity index (χ4v) is 4.11. The van der Waals surface area contributed by atoms with Gasteiger partial charge in [-0.1, -0.05) is 6.07 Å². The molecule has 3 aromatic rings. The van der Waals surface area contributed by atoms with Gasteiger partial charge in [0, 0.05) is 24.3 Å². The minimum Gasteiger partial charge on any atom is -0.459 e. The highest BCUT2D eigenvalue weighted by molar-refractivity contribution is 7.18. The number of nitrogens with one attached hydrogen (secondary N) is 2. The molecule has 0 bridgehead atoms. The number of rotatable bonds is 9. The lowest BCUT2D eigenvalue weighted by Gasteiger charge is -2.19. The third kappa shape index (κ3) is 6.10. The van der Waals surface area contributed by atoms with Crippen molar-refractivity contribution in [3.05, 3.63) is 70.5 Å². The molecule has 2 heterocycles. The van der Waals surface area contributed by atoms with Crippen LogP contribution in [0, 0.1) is 6.92 Å². The van der Waals surface area contributed by atoms with Crippen LogP contribution < -0.4 is 10.6 Å². The Morgan fingerprint density at radius 2 is 1.79 bits per heavy atom. The van der Waals surface area contributed by atoms with E-state index in [1.807, 2.05) is 13.8 Å². The maximum Gasteiger partial charge on any atom is 0.349 e. The molecule has 0 atom stereocenters. The summed E-state index contributed by atoms with van der Waals surface area (Å²) in [4.78, 5) is 51.3. The fourth-order valence-electron chi connectivity index (χ4n) is 3.14. The van der Waals surface area contributed by atoms with Crippen molar-refractivity contribution in [2.24, 2.45) is 0 Å². The number of furan rings is 1. The van der Waals surface area contributed by atoms with Gasteiger partial charge in [0.25, 0.3) is 17.7 Å². The van der Waals surface area contributed by atoms with E-state index in [9.17, 15) is 19.2 Å². The van der Waals surface area contributed by atoms with E-state index in [0.29, 0.717) is 34.9 Å². The normalized spacial score (nSPS) is 10.4. The number of carbonyl (C=O) groups is 4. The summed E-state index contributed by atoms with van der Waals surface area (Å²) in [7, 11) is 0. The first-order chi connectivity index (χ1) is 16.3. The number of aryl methyl sites for hydroxylation is 1. The van der Waals surface area contributed by atoms with E-state index >= 15 is 0 Å². The number of anilines is 2. The molecule has 10 heteroatoms. The molecule has 0 spiro atoms. The Hall–Kier alpha value is -3.92. The molecule has 0 radical (unpaired) electrons. The highest BCUT2D eigenvalue weighted by Crippen LogP contribution is 2.28. The summed E-state index contributed by atoms with van der Waals surface area (Å²) in [6.07, 6.45) is 1.39. The molecular weight excluding hydrogens is 458 g/mol. The summed E-state index contributed by atoms with van der Waals surface area (Å²) in [6, 6.07) is 11.3. The lowest BCUT2D eigenvalue weighted by molar-refractivity contribution is -0.119. The van der Waals surface area contributed by atoms with E-state index in [1.54, 1.807) is 48.2 Å². The average Bonchev–Trinajstić information content (AvgIpc) is 3.48. The van der Waals surface area contributed by atoms with Crippen LogP contribution in [0.2, 0.25) is 0 Å². The van der Waals surface area contributed by atoms with Gasteiger partial charge in [-0.15, -0.1) is 11.3 Å². The first-order valence-electron chi connectivity index (χ1n) is 10.6. The second kappa shape index (κ2) is 11.3. The number of nitrogens with zero attached hydrogens (tertiary/aromatic N) is 1. The van der Waals surface area contributed by atoms with E-state index < -0.39 is 24.4 Å². The maximum atomic E-state index is 12.5. The Balaban J connectivity index is 1.56. The molecule has 0 unspecified atom stereocenters. The van der Waals surface area contributed by atoms with Crippen LogP contribution in [0.3, 0.4) is 0 Å². The van der Waals surface area contributed by atoms with Gasteiger partial charge in [0.1, 0.15) is 4.88 Å². The van der Waals surface area contributed by atoms with Gasteiger partial charge in [0.15, 0.2) is 12.4 Å². The Morgan fingerprint density at radius 3 is 2.47 bits per heavy atom. The molecule has 0 saturated carbocycles. The number of esters is 1. The molecule has 0 aliphatic heterocycles. The molecule has 1 aromatic carbocycles. The number of thiophene rings is 1. The smallest absolute Gasteiger partial charge is 0.349 e. The van der Waals surface area contributed by atoms with E-state index in [4.69, 9.17) is 9.15 Å². The van der Waals surface area contributed by atoms with E-state index in [-0.39, 0.29) is 16.5 Å². The summed E-state index contributed by atoms with van der Waals surface area (Å²) in [5, 5.41) is 5.74. The largest absolute Gasteiger partial charge is 0.459 e. The van der Waals surface area contributed by atoms with Crippen LogP contribution in [0.5, 0.6) is 0 Å². The summed E-state index contributed by atoms with van der Waals surface area (Å²) in [5.74, 6) is -1.64. The second-order valence-electron chi connectivity index (χ2n) is 7.24. The first-order valence-corrected chi connectivity index (χ1v) is 11.5. The Kier molecular flexibility index (Phi) is 8.20. The van der Waals surface area contributed by atoms with Crippen molar-refractivity contribution in [3.8, 4) is 0 Å². The Bertz CT molecular complexity index is 1180. The zero-order valence-electron chi connectivity index (χ0n) is 19.0. The van der Waals surface area contributed by atoms with Crippen LogP contribution in [-0.4, -0.2) is 48.3 Å². The number of ether oxygens (including phenoxy) is 1. The van der Waals surface area contributed by atoms with Gasteiger partial charge in [-0.3, -0.25) is 14.4 Å². The predicted molar refractivity (Wildman–Crippen MR) is 128 cm³/mol. The lowest BCUT2D eigenvalue weighted by atomic mass is 10.1. The second-order valence-corrected chi connectivity index (χ2v) is 8.29.